The molecule has 0 spiro atoms. The van der Waals surface area contributed by atoms with E-state index >= 15 is 0 Å². The monoisotopic (exact) mass is 508 g/mol. The highest BCUT2D eigenvalue weighted by Gasteiger charge is 2.17. The second-order valence-electron chi connectivity index (χ2n) is 9.82. The fourth-order valence-corrected chi connectivity index (χ4v) is 4.92. The molecule has 1 heterocycles. The van der Waals surface area contributed by atoms with Crippen molar-refractivity contribution in [1.29, 1.82) is 0 Å². The molecule has 1 fully saturated rings. The van der Waals surface area contributed by atoms with E-state index in [2.05, 4.69) is 23.1 Å². The number of hydrogen-bond acceptors (Lipinski definition) is 5. The Kier molecular flexibility index (Phi) is 7.98. The maximum Gasteiger partial charge on any atom is 0.335 e. The largest absolute Gasteiger partial charge is 0.487 e. The zero-order valence-corrected chi connectivity index (χ0v) is 21.5. The molecule has 0 aliphatic heterocycles. The zero-order valence-electron chi connectivity index (χ0n) is 21.5. The SMILES string of the molecule is CC(c1ccc(OCc2ccc3ccccc3n2)cc1)c1cc(C(=O)O)ccc1C=NOC1CCCCC1. The Morgan fingerprint density at radius 1 is 1.03 bits per heavy atom. The van der Waals surface area contributed by atoms with E-state index in [4.69, 9.17) is 9.57 Å². The molecule has 4 aromatic rings. The van der Waals surface area contributed by atoms with Crippen molar-refractivity contribution in [3.8, 4) is 5.75 Å². The summed E-state index contributed by atoms with van der Waals surface area (Å²) in [6.45, 7) is 2.44. The average Bonchev–Trinajstić information content (AvgIpc) is 2.96. The van der Waals surface area contributed by atoms with Gasteiger partial charge in [-0.1, -0.05) is 61.0 Å². The number of nitrogens with zero attached hydrogens (tertiary/aromatic N) is 2. The zero-order chi connectivity index (χ0) is 26.3. The number of benzene rings is 3. The number of carboxylic acids is 1. The first kappa shape index (κ1) is 25.5. The highest BCUT2D eigenvalue weighted by Crippen LogP contribution is 2.29. The molecule has 194 valence electrons. The molecule has 5 rings (SSSR count). The minimum Gasteiger partial charge on any atom is -0.487 e. The Morgan fingerprint density at radius 3 is 2.61 bits per heavy atom. The van der Waals surface area contributed by atoms with Crippen molar-refractivity contribution >= 4 is 23.1 Å². The van der Waals surface area contributed by atoms with Gasteiger partial charge in [-0.25, -0.2) is 9.78 Å². The number of para-hydroxylation sites is 1. The maximum atomic E-state index is 11.7. The first-order chi connectivity index (χ1) is 18.6. The van der Waals surface area contributed by atoms with E-state index < -0.39 is 5.97 Å². The van der Waals surface area contributed by atoms with Crippen LogP contribution >= 0.6 is 0 Å². The lowest BCUT2D eigenvalue weighted by Crippen LogP contribution is -2.14. The minimum atomic E-state index is -0.952. The van der Waals surface area contributed by atoms with Crippen molar-refractivity contribution in [3.05, 3.63) is 107 Å². The third-order valence-corrected chi connectivity index (χ3v) is 7.18. The van der Waals surface area contributed by atoms with Gasteiger partial charge in [-0.15, -0.1) is 0 Å². The van der Waals surface area contributed by atoms with Crippen LogP contribution in [0.1, 0.15) is 77.7 Å². The van der Waals surface area contributed by atoms with E-state index in [1.165, 1.54) is 19.3 Å². The van der Waals surface area contributed by atoms with Crippen LogP contribution in [-0.4, -0.2) is 28.4 Å². The van der Waals surface area contributed by atoms with Gasteiger partial charge in [-0.05, 0) is 78.8 Å². The second-order valence-corrected chi connectivity index (χ2v) is 9.82. The van der Waals surface area contributed by atoms with Crippen LogP contribution in [0, 0.1) is 0 Å². The highest BCUT2D eigenvalue weighted by molar-refractivity contribution is 5.90. The molecule has 6 heteroatoms. The van der Waals surface area contributed by atoms with Crippen LogP contribution in [-0.2, 0) is 11.4 Å². The molecule has 0 bridgehead atoms. The standard InChI is InChI=1S/C32H32N2O4/c1-22(30-19-25(32(35)36)11-12-26(30)20-33-38-29-8-3-2-4-9-29)23-14-17-28(18-15-23)37-21-27-16-13-24-7-5-6-10-31(24)34-27/h5-7,10-20,22,29H,2-4,8-9,21H2,1H3,(H,35,36). The van der Waals surface area contributed by atoms with Gasteiger partial charge >= 0.3 is 5.97 Å². The molecule has 1 unspecified atom stereocenters. The van der Waals surface area contributed by atoms with Gasteiger partial charge in [0.05, 0.1) is 23.0 Å². The van der Waals surface area contributed by atoms with Gasteiger partial charge < -0.3 is 14.7 Å². The Morgan fingerprint density at radius 2 is 1.82 bits per heavy atom. The van der Waals surface area contributed by atoms with E-state index in [0.717, 1.165) is 51.9 Å². The normalized spacial score (nSPS) is 15.0. The number of carbonyl (C=O) groups is 1. The molecular weight excluding hydrogens is 476 g/mol. The lowest BCUT2D eigenvalue weighted by molar-refractivity contribution is 0.0340. The first-order valence-corrected chi connectivity index (χ1v) is 13.2. The van der Waals surface area contributed by atoms with Gasteiger partial charge in [0.25, 0.3) is 0 Å². The van der Waals surface area contributed by atoms with Crippen molar-refractivity contribution in [2.45, 2.75) is 57.7 Å². The van der Waals surface area contributed by atoms with Crippen molar-refractivity contribution in [2.24, 2.45) is 5.16 Å². The number of ether oxygens (including phenoxy) is 1. The van der Waals surface area contributed by atoms with Crippen LogP contribution in [0.15, 0.2) is 84.0 Å². The Hall–Kier alpha value is -4.19. The Labute approximate surface area is 222 Å². The molecule has 1 atom stereocenters. The lowest BCUT2D eigenvalue weighted by Gasteiger charge is -2.19. The van der Waals surface area contributed by atoms with Gasteiger partial charge in [-0.3, -0.25) is 0 Å². The van der Waals surface area contributed by atoms with Crippen LogP contribution < -0.4 is 4.74 Å². The van der Waals surface area contributed by atoms with E-state index in [-0.39, 0.29) is 17.6 Å². The predicted molar refractivity (Wildman–Crippen MR) is 149 cm³/mol. The number of fused-ring (bicyclic) bond motifs is 1. The number of carboxylic acid groups (broad SMARTS) is 1. The summed E-state index contributed by atoms with van der Waals surface area (Å²) < 4.78 is 5.99. The quantitative estimate of drug-likeness (QED) is 0.189. The molecule has 1 aromatic heterocycles. The summed E-state index contributed by atoms with van der Waals surface area (Å²) in [7, 11) is 0. The fraction of sp³-hybridized carbons (Fsp3) is 0.281. The van der Waals surface area contributed by atoms with Gasteiger partial charge in [0.2, 0.25) is 0 Å². The van der Waals surface area contributed by atoms with Crippen molar-refractivity contribution in [1.82, 2.24) is 4.98 Å². The average molecular weight is 509 g/mol. The molecule has 38 heavy (non-hydrogen) atoms. The van der Waals surface area contributed by atoms with Gasteiger partial charge in [0.15, 0.2) is 0 Å². The van der Waals surface area contributed by atoms with Crippen LogP contribution in [0.3, 0.4) is 0 Å². The smallest absolute Gasteiger partial charge is 0.335 e. The lowest BCUT2D eigenvalue weighted by atomic mass is 9.88. The number of rotatable bonds is 9. The van der Waals surface area contributed by atoms with Crippen molar-refractivity contribution in [3.63, 3.8) is 0 Å². The molecule has 0 radical (unpaired) electrons. The van der Waals surface area contributed by atoms with E-state index in [0.29, 0.717) is 6.61 Å². The first-order valence-electron chi connectivity index (χ1n) is 13.2. The molecule has 1 aliphatic rings. The number of oxime groups is 1. The number of pyridine rings is 1. The van der Waals surface area contributed by atoms with E-state index in [9.17, 15) is 9.90 Å². The van der Waals surface area contributed by atoms with Gasteiger partial charge in [0.1, 0.15) is 18.5 Å². The summed E-state index contributed by atoms with van der Waals surface area (Å²) in [6.07, 6.45) is 7.54. The van der Waals surface area contributed by atoms with E-state index in [1.807, 2.05) is 54.6 Å². The molecule has 6 nitrogen and oxygen atoms in total. The summed E-state index contributed by atoms with van der Waals surface area (Å²) in [5, 5.41) is 14.9. The third kappa shape index (κ3) is 6.20. The number of hydrogen-bond donors (Lipinski definition) is 1. The summed E-state index contributed by atoms with van der Waals surface area (Å²) in [6, 6.07) is 25.1. The molecular formula is C32H32N2O4. The Balaban J connectivity index is 1.29. The van der Waals surface area contributed by atoms with Gasteiger partial charge in [0, 0.05) is 11.3 Å². The summed E-state index contributed by atoms with van der Waals surface area (Å²) in [5.74, 6) is -0.258. The van der Waals surface area contributed by atoms with Crippen LogP contribution in [0.25, 0.3) is 10.9 Å². The van der Waals surface area contributed by atoms with E-state index in [1.54, 1.807) is 24.4 Å². The molecule has 0 saturated heterocycles. The summed E-state index contributed by atoms with van der Waals surface area (Å²) in [4.78, 5) is 22.1. The van der Waals surface area contributed by atoms with Crippen molar-refractivity contribution in [2.75, 3.05) is 0 Å². The molecule has 0 amide bonds. The molecule has 1 saturated carbocycles. The van der Waals surface area contributed by atoms with Crippen LogP contribution in [0.2, 0.25) is 0 Å². The number of aromatic carboxylic acids is 1. The molecule has 1 N–H and O–H groups in total. The topological polar surface area (TPSA) is 81.0 Å². The predicted octanol–water partition coefficient (Wildman–Crippen LogP) is 7.35. The maximum absolute atomic E-state index is 11.7. The molecule has 1 aliphatic carbocycles. The highest BCUT2D eigenvalue weighted by atomic mass is 16.6. The van der Waals surface area contributed by atoms with Gasteiger partial charge in [-0.2, -0.15) is 0 Å². The Bertz CT molecular complexity index is 1430. The molecule has 3 aromatic carbocycles. The fourth-order valence-electron chi connectivity index (χ4n) is 4.92. The third-order valence-electron chi connectivity index (χ3n) is 7.18. The van der Waals surface area contributed by atoms with Crippen LogP contribution in [0.5, 0.6) is 5.75 Å². The second kappa shape index (κ2) is 11.9. The van der Waals surface area contributed by atoms with Crippen LogP contribution in [0.4, 0.5) is 0 Å². The summed E-state index contributed by atoms with van der Waals surface area (Å²) >= 11 is 0. The minimum absolute atomic E-state index is 0.0540. The number of aromatic nitrogens is 1. The van der Waals surface area contributed by atoms with Crippen molar-refractivity contribution < 1.29 is 19.5 Å². The summed E-state index contributed by atoms with van der Waals surface area (Å²) in [5.41, 5.74) is 4.85.